The minimum absolute atomic E-state index is 0.136. The van der Waals surface area contributed by atoms with Crippen molar-refractivity contribution in [2.24, 2.45) is 0 Å². The van der Waals surface area contributed by atoms with Crippen molar-refractivity contribution in [3.63, 3.8) is 0 Å². The second-order valence-corrected chi connectivity index (χ2v) is 8.54. The summed E-state index contributed by atoms with van der Waals surface area (Å²) < 4.78 is 11.4. The van der Waals surface area contributed by atoms with E-state index in [1.54, 1.807) is 48.5 Å². The molecule has 0 atom stereocenters. The fourth-order valence-corrected chi connectivity index (χ4v) is 4.09. The number of nitrogens with two attached hydrogens (primary N) is 1. The zero-order valence-electron chi connectivity index (χ0n) is 19.3. The maximum atomic E-state index is 13.4. The first kappa shape index (κ1) is 22.8. The van der Waals surface area contributed by atoms with Gasteiger partial charge in [-0.15, -0.1) is 0 Å². The third-order valence-electron chi connectivity index (χ3n) is 5.95. The fourth-order valence-electron chi connectivity index (χ4n) is 4.09. The average Bonchev–Trinajstić information content (AvgIpc) is 2.84. The second kappa shape index (κ2) is 8.35. The molecule has 4 aromatic rings. The largest absolute Gasteiger partial charge is 0.507 e. The van der Waals surface area contributed by atoms with Crippen molar-refractivity contribution in [1.29, 1.82) is 0 Å². The first-order valence-corrected chi connectivity index (χ1v) is 11.0. The number of ether oxygens (including phenoxy) is 2. The van der Waals surface area contributed by atoms with Gasteiger partial charge in [0.05, 0.1) is 22.3 Å². The van der Waals surface area contributed by atoms with Crippen molar-refractivity contribution in [2.75, 3.05) is 5.73 Å². The number of fused-ring (bicyclic) bond motifs is 2. The van der Waals surface area contributed by atoms with Crippen molar-refractivity contribution in [3.8, 4) is 40.2 Å². The highest BCUT2D eigenvalue weighted by Crippen LogP contribution is 2.49. The van der Waals surface area contributed by atoms with E-state index in [1.165, 1.54) is 6.07 Å². The predicted molar refractivity (Wildman–Crippen MR) is 132 cm³/mol. The van der Waals surface area contributed by atoms with E-state index in [1.807, 2.05) is 13.8 Å². The second-order valence-electron chi connectivity index (χ2n) is 8.54. The van der Waals surface area contributed by atoms with E-state index < -0.39 is 45.5 Å². The molecule has 36 heavy (non-hydrogen) atoms. The van der Waals surface area contributed by atoms with Crippen LogP contribution in [0.5, 0.6) is 40.2 Å². The molecule has 0 aromatic heterocycles. The lowest BCUT2D eigenvalue weighted by Gasteiger charge is -2.23. The van der Waals surface area contributed by atoms with Crippen LogP contribution in [0.1, 0.15) is 43.0 Å². The van der Waals surface area contributed by atoms with E-state index in [-0.39, 0.29) is 22.7 Å². The Morgan fingerprint density at radius 2 is 1.03 bits per heavy atom. The molecule has 8 heteroatoms. The molecule has 0 amide bonds. The molecule has 0 saturated heterocycles. The lowest BCUT2D eigenvalue weighted by atomic mass is 9.81. The molecule has 0 heterocycles. The van der Waals surface area contributed by atoms with Gasteiger partial charge in [-0.2, -0.15) is 0 Å². The van der Waals surface area contributed by atoms with Crippen LogP contribution in [-0.2, 0) is 0 Å². The number of benzene rings is 4. The highest BCUT2D eigenvalue weighted by atomic mass is 16.5. The van der Waals surface area contributed by atoms with Crippen LogP contribution in [0.15, 0.2) is 60.7 Å². The van der Waals surface area contributed by atoms with Crippen molar-refractivity contribution in [3.05, 3.63) is 94.0 Å². The molecule has 0 saturated carbocycles. The number of rotatable bonds is 4. The van der Waals surface area contributed by atoms with Gasteiger partial charge in [-0.1, -0.05) is 35.4 Å². The topological polar surface area (TPSA) is 139 Å². The van der Waals surface area contributed by atoms with Gasteiger partial charge in [-0.3, -0.25) is 9.59 Å². The monoisotopic (exact) mass is 483 g/mol. The van der Waals surface area contributed by atoms with Crippen LogP contribution in [-0.4, -0.2) is 26.9 Å². The molecule has 8 nitrogen and oxygen atoms in total. The maximum absolute atomic E-state index is 13.4. The summed E-state index contributed by atoms with van der Waals surface area (Å²) in [6.07, 6.45) is 0. The van der Waals surface area contributed by atoms with Gasteiger partial charge in [0.2, 0.25) is 11.6 Å². The number of hydrogen-bond donors (Lipinski definition) is 4. The van der Waals surface area contributed by atoms with Gasteiger partial charge < -0.3 is 30.5 Å². The first-order valence-electron chi connectivity index (χ1n) is 11.0. The number of carbonyl (C=O) groups is 2. The quantitative estimate of drug-likeness (QED) is 0.198. The molecule has 180 valence electrons. The molecular weight excluding hydrogens is 462 g/mol. The summed E-state index contributed by atoms with van der Waals surface area (Å²) in [5, 5.41) is 32.5. The molecule has 0 spiro atoms. The Morgan fingerprint density at radius 3 is 1.53 bits per heavy atom. The molecule has 0 fully saturated rings. The van der Waals surface area contributed by atoms with Crippen molar-refractivity contribution >= 4 is 17.3 Å². The highest BCUT2D eigenvalue weighted by molar-refractivity contribution is 6.33. The van der Waals surface area contributed by atoms with Crippen molar-refractivity contribution in [1.82, 2.24) is 0 Å². The van der Waals surface area contributed by atoms with Gasteiger partial charge in [0.25, 0.3) is 0 Å². The molecular formula is C28H21NO7. The zero-order chi connectivity index (χ0) is 25.7. The van der Waals surface area contributed by atoms with Crippen LogP contribution in [0.3, 0.4) is 0 Å². The minimum Gasteiger partial charge on any atom is -0.507 e. The number of anilines is 1. The maximum Gasteiger partial charge on any atom is 0.202 e. The Balaban J connectivity index is 1.61. The van der Waals surface area contributed by atoms with Crippen LogP contribution in [0.25, 0.3) is 0 Å². The molecule has 4 aromatic carbocycles. The van der Waals surface area contributed by atoms with Gasteiger partial charge in [0.1, 0.15) is 17.2 Å². The number of nitrogen functional groups attached to an aromatic ring is 1. The third kappa shape index (κ3) is 3.65. The smallest absolute Gasteiger partial charge is 0.202 e. The van der Waals surface area contributed by atoms with Crippen LogP contribution >= 0.6 is 0 Å². The first-order chi connectivity index (χ1) is 17.2. The summed E-state index contributed by atoms with van der Waals surface area (Å²) in [5.41, 5.74) is 6.31. The molecule has 0 unspecified atom stereocenters. The van der Waals surface area contributed by atoms with E-state index in [2.05, 4.69) is 0 Å². The molecule has 1 aliphatic carbocycles. The number of hydrogen-bond acceptors (Lipinski definition) is 8. The highest BCUT2D eigenvalue weighted by Gasteiger charge is 2.40. The Bertz CT molecular complexity index is 1440. The molecule has 0 radical (unpaired) electrons. The molecule has 1 aliphatic rings. The predicted octanol–water partition coefficient (Wildman–Crippen LogP) is 5.36. The Hall–Kier alpha value is -4.98. The Morgan fingerprint density at radius 1 is 0.611 bits per heavy atom. The van der Waals surface area contributed by atoms with E-state index >= 15 is 0 Å². The van der Waals surface area contributed by atoms with E-state index in [4.69, 9.17) is 15.2 Å². The van der Waals surface area contributed by atoms with Gasteiger partial charge in [0, 0.05) is 17.8 Å². The Kier molecular flexibility index (Phi) is 5.29. The van der Waals surface area contributed by atoms with E-state index in [9.17, 15) is 24.9 Å². The normalized spacial score (nSPS) is 12.2. The fraction of sp³-hybridized carbons (Fsp3) is 0.0714. The molecule has 5 N–H and O–H groups in total. The Labute approximate surface area is 205 Å². The lowest BCUT2D eigenvalue weighted by molar-refractivity contribution is 0.0971. The molecule has 5 rings (SSSR count). The standard InChI is InChI=1S/C28H21NO7/c1-13-3-7-15(8-4-13)35-19-11-17(29)21-23(25(19)31)28(34)22-18(30)12-20(26(32)24(22)27(21)33)36-16-9-5-14(2)6-10-16/h3-12,30-32H,29H2,1-2H3. The number of aromatic hydroxyl groups is 3. The van der Waals surface area contributed by atoms with Crippen molar-refractivity contribution in [2.45, 2.75) is 13.8 Å². The summed E-state index contributed by atoms with van der Waals surface area (Å²) in [6.45, 7) is 3.80. The van der Waals surface area contributed by atoms with Crippen LogP contribution < -0.4 is 15.2 Å². The molecule has 0 aliphatic heterocycles. The lowest BCUT2D eigenvalue weighted by Crippen LogP contribution is -2.23. The zero-order valence-corrected chi connectivity index (χ0v) is 19.3. The number of ketones is 2. The van der Waals surface area contributed by atoms with Gasteiger partial charge >= 0.3 is 0 Å². The number of aryl methyl sites for hydroxylation is 2. The summed E-state index contributed by atoms with van der Waals surface area (Å²) in [6, 6.07) is 16.1. The SMILES string of the molecule is Cc1ccc(Oc2cc(N)c3c(c2O)C(=O)c2c(O)cc(Oc4ccc(C)cc4)c(O)c2C3=O)cc1. The van der Waals surface area contributed by atoms with Crippen LogP contribution in [0.4, 0.5) is 5.69 Å². The van der Waals surface area contributed by atoms with Crippen LogP contribution in [0, 0.1) is 13.8 Å². The van der Waals surface area contributed by atoms with Gasteiger partial charge in [-0.05, 0) is 38.1 Å². The summed E-state index contributed by atoms with van der Waals surface area (Å²) >= 11 is 0. The van der Waals surface area contributed by atoms with Gasteiger partial charge in [0.15, 0.2) is 23.0 Å². The average molecular weight is 483 g/mol. The van der Waals surface area contributed by atoms with Crippen LogP contribution in [0.2, 0.25) is 0 Å². The van der Waals surface area contributed by atoms with E-state index in [0.717, 1.165) is 17.2 Å². The number of phenolic OH excluding ortho intramolecular Hbond substituents is 3. The van der Waals surface area contributed by atoms with Crippen molar-refractivity contribution < 1.29 is 34.4 Å². The molecule has 0 bridgehead atoms. The number of carbonyl (C=O) groups excluding carboxylic acids is 2. The number of phenols is 3. The summed E-state index contributed by atoms with van der Waals surface area (Å²) in [5.74, 6) is -3.22. The van der Waals surface area contributed by atoms with E-state index in [0.29, 0.717) is 11.5 Å². The summed E-state index contributed by atoms with van der Waals surface area (Å²) in [4.78, 5) is 26.9. The van der Waals surface area contributed by atoms with Gasteiger partial charge in [-0.25, -0.2) is 0 Å². The third-order valence-corrected chi connectivity index (χ3v) is 5.95. The summed E-state index contributed by atoms with van der Waals surface area (Å²) in [7, 11) is 0. The minimum atomic E-state index is -0.896.